The molecule has 1 saturated heterocycles. The van der Waals surface area contributed by atoms with Crippen molar-refractivity contribution >= 4 is 11.8 Å². The van der Waals surface area contributed by atoms with Crippen molar-refractivity contribution in [2.45, 2.75) is 70.2 Å². The minimum atomic E-state index is -4.38. The van der Waals surface area contributed by atoms with Gasteiger partial charge in [0.15, 0.2) is 0 Å². The van der Waals surface area contributed by atoms with Crippen molar-refractivity contribution in [1.82, 2.24) is 0 Å². The fourth-order valence-electron chi connectivity index (χ4n) is 4.08. The highest BCUT2D eigenvalue weighted by atomic mass is 19.4. The molecule has 1 amide bonds. The van der Waals surface area contributed by atoms with E-state index in [-0.39, 0.29) is 12.1 Å². The molecule has 1 saturated carbocycles. The average Bonchev–Trinajstić information content (AvgIpc) is 2.77. The zero-order valence-electron chi connectivity index (χ0n) is 14.4. The second-order valence-corrected chi connectivity index (χ2v) is 7.01. The molecule has 0 N–H and O–H groups in total. The van der Waals surface area contributed by atoms with Crippen LogP contribution in [-0.4, -0.2) is 18.2 Å². The molecular formula is C19H24F3NO2. The van der Waals surface area contributed by atoms with E-state index in [0.29, 0.717) is 11.6 Å². The number of carbonyl (C=O) groups excluding carboxylic acids is 1. The number of amides is 1. The first-order chi connectivity index (χ1) is 11.9. The number of rotatable bonds is 4. The number of fused-ring (bicyclic) bond motifs is 1. The number of nitrogens with zero attached hydrogens (tertiary/aromatic N) is 1. The van der Waals surface area contributed by atoms with Crippen molar-refractivity contribution in [1.29, 1.82) is 0 Å². The molecule has 1 aliphatic carbocycles. The SMILES string of the molecule is CCCC[C@H]1CCCC[C@@H]2OC(=O)N(c3ccc(C(F)(F)F)cc3)[C@@H]12. The maximum Gasteiger partial charge on any atom is 0.416 e. The summed E-state index contributed by atoms with van der Waals surface area (Å²) in [7, 11) is 0. The number of anilines is 1. The monoisotopic (exact) mass is 355 g/mol. The lowest BCUT2D eigenvalue weighted by Gasteiger charge is -2.30. The molecule has 0 radical (unpaired) electrons. The summed E-state index contributed by atoms with van der Waals surface area (Å²) in [5.74, 6) is 0.334. The fraction of sp³-hybridized carbons (Fsp3) is 0.632. The lowest BCUT2D eigenvalue weighted by molar-refractivity contribution is -0.137. The summed E-state index contributed by atoms with van der Waals surface area (Å²) in [5, 5.41) is 0. The molecule has 3 rings (SSSR count). The van der Waals surface area contributed by atoms with E-state index in [0.717, 1.165) is 57.1 Å². The molecule has 1 aromatic carbocycles. The first kappa shape index (κ1) is 18.1. The smallest absolute Gasteiger partial charge is 0.416 e. The van der Waals surface area contributed by atoms with Crippen molar-refractivity contribution in [2.24, 2.45) is 5.92 Å². The van der Waals surface area contributed by atoms with Gasteiger partial charge >= 0.3 is 12.3 Å². The summed E-state index contributed by atoms with van der Waals surface area (Å²) < 4.78 is 44.0. The first-order valence-electron chi connectivity index (χ1n) is 9.09. The van der Waals surface area contributed by atoms with Crippen LogP contribution in [0.5, 0.6) is 0 Å². The van der Waals surface area contributed by atoms with Gasteiger partial charge in [-0.15, -0.1) is 0 Å². The average molecular weight is 355 g/mol. The second-order valence-electron chi connectivity index (χ2n) is 7.01. The largest absolute Gasteiger partial charge is 0.444 e. The summed E-state index contributed by atoms with van der Waals surface area (Å²) in [6, 6.07) is 4.77. The number of hydrogen-bond donors (Lipinski definition) is 0. The van der Waals surface area contributed by atoms with Gasteiger partial charge in [-0.05, 0) is 55.9 Å². The van der Waals surface area contributed by atoms with Crippen LogP contribution in [0.1, 0.15) is 57.4 Å². The highest BCUT2D eigenvalue weighted by Gasteiger charge is 2.47. The van der Waals surface area contributed by atoms with Gasteiger partial charge in [0.1, 0.15) is 6.10 Å². The molecule has 2 fully saturated rings. The zero-order valence-corrected chi connectivity index (χ0v) is 14.4. The highest BCUT2D eigenvalue weighted by Crippen LogP contribution is 2.40. The summed E-state index contributed by atoms with van der Waals surface area (Å²) >= 11 is 0. The van der Waals surface area contributed by atoms with Gasteiger partial charge in [-0.2, -0.15) is 13.2 Å². The van der Waals surface area contributed by atoms with Gasteiger partial charge in [-0.1, -0.05) is 26.2 Å². The van der Waals surface area contributed by atoms with Crippen LogP contribution < -0.4 is 4.90 Å². The van der Waals surface area contributed by atoms with Crippen LogP contribution in [0.4, 0.5) is 23.7 Å². The number of hydrogen-bond acceptors (Lipinski definition) is 2. The maximum absolute atomic E-state index is 12.8. The summed E-state index contributed by atoms with van der Waals surface area (Å²) in [4.78, 5) is 14.0. The Morgan fingerprint density at radius 2 is 1.84 bits per heavy atom. The third kappa shape index (κ3) is 3.77. The Kier molecular flexibility index (Phi) is 5.25. The van der Waals surface area contributed by atoms with E-state index >= 15 is 0 Å². The molecular weight excluding hydrogens is 331 g/mol. The number of ether oxygens (including phenoxy) is 1. The quantitative estimate of drug-likeness (QED) is 0.685. The van der Waals surface area contributed by atoms with E-state index in [1.165, 1.54) is 12.1 Å². The molecule has 3 nitrogen and oxygen atoms in total. The van der Waals surface area contributed by atoms with Crippen LogP contribution in [0.25, 0.3) is 0 Å². The van der Waals surface area contributed by atoms with Gasteiger partial charge in [-0.3, -0.25) is 4.90 Å². The van der Waals surface area contributed by atoms with Gasteiger partial charge in [0.2, 0.25) is 0 Å². The Labute approximate surface area is 146 Å². The minimum Gasteiger partial charge on any atom is -0.444 e. The summed E-state index contributed by atoms with van der Waals surface area (Å²) in [6.45, 7) is 2.14. The normalized spacial score (nSPS) is 27.0. The highest BCUT2D eigenvalue weighted by molar-refractivity contribution is 5.90. The van der Waals surface area contributed by atoms with E-state index in [2.05, 4.69) is 6.92 Å². The number of benzene rings is 1. The van der Waals surface area contributed by atoms with Crippen LogP contribution in [0, 0.1) is 5.92 Å². The van der Waals surface area contributed by atoms with E-state index < -0.39 is 17.8 Å². The standard InChI is InChI=1S/C19H24F3NO2/c1-2-3-6-13-7-4-5-8-16-17(13)23(18(24)25-16)15-11-9-14(10-12-15)19(20,21)22/h9-13,16-17H,2-8H2,1H3/t13-,16-,17-/m0/s1. The van der Waals surface area contributed by atoms with Gasteiger partial charge < -0.3 is 4.74 Å². The Bertz CT molecular complexity index is 600. The molecule has 1 aromatic rings. The van der Waals surface area contributed by atoms with Gasteiger partial charge in [0, 0.05) is 5.69 Å². The number of carbonyl (C=O) groups is 1. The molecule has 2 aliphatic rings. The predicted molar refractivity (Wildman–Crippen MR) is 89.5 cm³/mol. The third-order valence-electron chi connectivity index (χ3n) is 5.33. The van der Waals surface area contributed by atoms with Gasteiger partial charge in [0.25, 0.3) is 0 Å². The van der Waals surface area contributed by atoms with Crippen LogP contribution >= 0.6 is 0 Å². The van der Waals surface area contributed by atoms with Crippen LogP contribution in [0.15, 0.2) is 24.3 Å². The van der Waals surface area contributed by atoms with Crippen molar-refractivity contribution < 1.29 is 22.7 Å². The molecule has 0 aromatic heterocycles. The van der Waals surface area contributed by atoms with E-state index in [9.17, 15) is 18.0 Å². The van der Waals surface area contributed by atoms with Crippen LogP contribution in [0.3, 0.4) is 0 Å². The van der Waals surface area contributed by atoms with Gasteiger partial charge in [-0.25, -0.2) is 4.79 Å². The molecule has 138 valence electrons. The van der Waals surface area contributed by atoms with E-state index in [1.54, 1.807) is 4.90 Å². The lowest BCUT2D eigenvalue weighted by atomic mass is 9.87. The number of halogens is 3. The zero-order chi connectivity index (χ0) is 18.0. The molecule has 0 bridgehead atoms. The lowest BCUT2D eigenvalue weighted by Crippen LogP contribution is -2.42. The van der Waals surface area contributed by atoms with Gasteiger partial charge in [0.05, 0.1) is 11.6 Å². The third-order valence-corrected chi connectivity index (χ3v) is 5.33. The molecule has 1 aliphatic heterocycles. The Hall–Kier alpha value is -1.72. The number of unbranched alkanes of at least 4 members (excludes halogenated alkanes) is 1. The van der Waals surface area contributed by atoms with Crippen molar-refractivity contribution in [3.63, 3.8) is 0 Å². The maximum atomic E-state index is 12.8. The van der Waals surface area contributed by atoms with Crippen molar-refractivity contribution in [3.8, 4) is 0 Å². The minimum absolute atomic E-state index is 0.0710. The molecule has 0 unspecified atom stereocenters. The molecule has 0 spiro atoms. The van der Waals surface area contributed by atoms with E-state index in [1.807, 2.05) is 0 Å². The molecule has 25 heavy (non-hydrogen) atoms. The summed E-state index contributed by atoms with van der Waals surface area (Å²) in [5.41, 5.74) is -0.210. The molecule has 1 heterocycles. The van der Waals surface area contributed by atoms with E-state index in [4.69, 9.17) is 4.74 Å². The summed E-state index contributed by atoms with van der Waals surface area (Å²) in [6.07, 6.45) is 2.23. The van der Waals surface area contributed by atoms with Crippen molar-refractivity contribution in [3.05, 3.63) is 29.8 Å². The second kappa shape index (κ2) is 7.26. The molecule has 6 heteroatoms. The number of alkyl halides is 3. The van der Waals surface area contributed by atoms with Crippen molar-refractivity contribution in [2.75, 3.05) is 4.90 Å². The Balaban J connectivity index is 1.88. The Morgan fingerprint density at radius 1 is 1.16 bits per heavy atom. The van der Waals surface area contributed by atoms with Crippen LogP contribution in [0.2, 0.25) is 0 Å². The molecule has 3 atom stereocenters. The first-order valence-corrected chi connectivity index (χ1v) is 9.09. The van der Waals surface area contributed by atoms with Crippen LogP contribution in [-0.2, 0) is 10.9 Å². The Morgan fingerprint density at radius 3 is 2.48 bits per heavy atom. The predicted octanol–water partition coefficient (Wildman–Crippen LogP) is 5.78. The fourth-order valence-corrected chi connectivity index (χ4v) is 4.08. The topological polar surface area (TPSA) is 29.5 Å².